The van der Waals surface area contributed by atoms with E-state index in [-0.39, 0.29) is 17.2 Å². The maximum Gasteiger partial charge on any atom is 0.312 e. The first-order valence-corrected chi connectivity index (χ1v) is 7.94. The number of nitro benzene ring substituents is 1. The Bertz CT molecular complexity index is 557. The summed E-state index contributed by atoms with van der Waals surface area (Å²) in [6.45, 7) is 5.83. The lowest BCUT2D eigenvalue weighted by Crippen LogP contribution is -2.59. The van der Waals surface area contributed by atoms with E-state index >= 15 is 0 Å². The number of halogens is 1. The van der Waals surface area contributed by atoms with Crippen LogP contribution in [-0.4, -0.2) is 22.2 Å². The van der Waals surface area contributed by atoms with E-state index in [1.54, 1.807) is 13.0 Å². The Hall–Kier alpha value is -1.14. The predicted octanol–water partition coefficient (Wildman–Crippen LogP) is 3.98. The molecule has 2 atom stereocenters. The second-order valence-electron chi connectivity index (χ2n) is 5.63. The van der Waals surface area contributed by atoms with Crippen LogP contribution < -0.4 is 4.74 Å². The van der Waals surface area contributed by atoms with Gasteiger partial charge in [-0.25, -0.2) is 0 Å². The minimum Gasteiger partial charge on any atom is -0.483 e. The summed E-state index contributed by atoms with van der Waals surface area (Å²) >= 11 is 3.27. The molecule has 21 heavy (non-hydrogen) atoms. The Labute approximate surface area is 132 Å². The second kappa shape index (κ2) is 5.93. The molecule has 0 aliphatic heterocycles. The molecule has 5 nitrogen and oxygen atoms in total. The summed E-state index contributed by atoms with van der Waals surface area (Å²) in [7, 11) is 0. The SMILES string of the molecule is CCC1(CC)C(O)CC1Oc1c(C)cc(Br)cc1[N+](=O)[O-]. The first-order valence-electron chi connectivity index (χ1n) is 7.15. The number of rotatable bonds is 5. The molecule has 1 aromatic carbocycles. The van der Waals surface area contributed by atoms with Crippen LogP contribution in [0.25, 0.3) is 0 Å². The van der Waals surface area contributed by atoms with Crippen molar-refractivity contribution in [1.82, 2.24) is 0 Å². The molecule has 0 spiro atoms. The summed E-state index contributed by atoms with van der Waals surface area (Å²) in [6, 6.07) is 3.26. The number of hydrogen-bond donors (Lipinski definition) is 1. The average Bonchev–Trinajstić information content (AvgIpc) is 2.41. The van der Waals surface area contributed by atoms with Crippen LogP contribution in [0.1, 0.15) is 38.7 Å². The van der Waals surface area contributed by atoms with Crippen molar-refractivity contribution in [2.24, 2.45) is 5.41 Å². The largest absolute Gasteiger partial charge is 0.483 e. The molecule has 0 radical (unpaired) electrons. The number of aliphatic hydroxyl groups is 1. The maximum absolute atomic E-state index is 11.2. The highest BCUT2D eigenvalue weighted by molar-refractivity contribution is 9.10. The van der Waals surface area contributed by atoms with Crippen molar-refractivity contribution in [3.05, 3.63) is 32.3 Å². The lowest BCUT2D eigenvalue weighted by atomic mass is 9.60. The summed E-state index contributed by atoms with van der Waals surface area (Å²) in [5, 5.41) is 21.3. The Morgan fingerprint density at radius 1 is 1.48 bits per heavy atom. The van der Waals surface area contributed by atoms with Gasteiger partial charge in [0.1, 0.15) is 6.10 Å². The van der Waals surface area contributed by atoms with Gasteiger partial charge in [-0.1, -0.05) is 29.8 Å². The number of nitro groups is 1. The molecule has 1 aliphatic rings. The van der Waals surface area contributed by atoms with Crippen molar-refractivity contribution in [2.45, 2.75) is 52.2 Å². The minimum absolute atomic E-state index is 0.0376. The number of hydrogen-bond acceptors (Lipinski definition) is 4. The quantitative estimate of drug-likeness (QED) is 0.638. The van der Waals surface area contributed by atoms with Crippen molar-refractivity contribution in [1.29, 1.82) is 0 Å². The van der Waals surface area contributed by atoms with E-state index in [1.807, 2.05) is 13.8 Å². The van der Waals surface area contributed by atoms with Crippen LogP contribution in [0.3, 0.4) is 0 Å². The Morgan fingerprint density at radius 2 is 2.10 bits per heavy atom. The van der Waals surface area contributed by atoms with Gasteiger partial charge in [-0.15, -0.1) is 0 Å². The van der Waals surface area contributed by atoms with Gasteiger partial charge in [0.05, 0.1) is 11.0 Å². The molecule has 0 aromatic heterocycles. The third-order valence-corrected chi connectivity index (χ3v) is 5.19. The highest BCUT2D eigenvalue weighted by Gasteiger charge is 2.54. The molecule has 1 aromatic rings. The van der Waals surface area contributed by atoms with E-state index in [9.17, 15) is 15.2 Å². The molecule has 0 bridgehead atoms. The molecule has 1 N–H and O–H groups in total. The molecule has 6 heteroatoms. The number of aryl methyl sites for hydroxylation is 1. The van der Waals surface area contributed by atoms with Crippen LogP contribution in [-0.2, 0) is 0 Å². The molecule has 1 aliphatic carbocycles. The van der Waals surface area contributed by atoms with Crippen LogP contribution >= 0.6 is 15.9 Å². The second-order valence-corrected chi connectivity index (χ2v) is 6.54. The monoisotopic (exact) mass is 357 g/mol. The van der Waals surface area contributed by atoms with Crippen molar-refractivity contribution in [3.63, 3.8) is 0 Å². The van der Waals surface area contributed by atoms with Crippen LogP contribution in [0.15, 0.2) is 16.6 Å². The van der Waals surface area contributed by atoms with E-state index in [0.717, 1.165) is 18.4 Å². The third-order valence-electron chi connectivity index (χ3n) is 4.74. The number of nitrogens with zero attached hydrogens (tertiary/aromatic N) is 1. The van der Waals surface area contributed by atoms with Gasteiger partial charge in [0.2, 0.25) is 0 Å². The number of ether oxygens (including phenoxy) is 1. The Kier molecular flexibility index (Phi) is 4.58. The Balaban J connectivity index is 2.34. The molecule has 0 amide bonds. The van der Waals surface area contributed by atoms with Gasteiger partial charge in [0, 0.05) is 22.4 Å². The number of aliphatic hydroxyl groups excluding tert-OH is 1. The molecule has 0 saturated heterocycles. The van der Waals surface area contributed by atoms with Gasteiger partial charge in [-0.2, -0.15) is 0 Å². The average molecular weight is 358 g/mol. The standard InChI is InChI=1S/C15H20BrNO4/c1-4-15(5-2)12(18)8-13(15)21-14-9(3)6-10(16)7-11(14)17(19)20/h6-7,12-13,18H,4-5,8H2,1-3H3. The Morgan fingerprint density at radius 3 is 2.57 bits per heavy atom. The first kappa shape index (κ1) is 16.2. The fraction of sp³-hybridized carbons (Fsp3) is 0.600. The van der Waals surface area contributed by atoms with E-state index in [1.165, 1.54) is 6.07 Å². The van der Waals surface area contributed by atoms with Gasteiger partial charge in [-0.05, 0) is 31.4 Å². The summed E-state index contributed by atoms with van der Waals surface area (Å²) in [5.41, 5.74) is 0.385. The fourth-order valence-corrected chi connectivity index (χ4v) is 3.77. The fourth-order valence-electron chi connectivity index (χ4n) is 3.21. The number of benzene rings is 1. The van der Waals surface area contributed by atoms with E-state index in [4.69, 9.17) is 4.74 Å². The summed E-state index contributed by atoms with van der Waals surface area (Å²) in [4.78, 5) is 10.8. The highest BCUT2D eigenvalue weighted by Crippen LogP contribution is 2.50. The van der Waals surface area contributed by atoms with Crippen LogP contribution in [0.5, 0.6) is 5.75 Å². The highest BCUT2D eigenvalue weighted by atomic mass is 79.9. The summed E-state index contributed by atoms with van der Waals surface area (Å²) in [5.74, 6) is 0.311. The summed E-state index contributed by atoms with van der Waals surface area (Å²) in [6.07, 6.45) is 1.53. The summed E-state index contributed by atoms with van der Waals surface area (Å²) < 4.78 is 6.63. The lowest BCUT2D eigenvalue weighted by Gasteiger charge is -2.52. The van der Waals surface area contributed by atoms with E-state index in [0.29, 0.717) is 16.6 Å². The van der Waals surface area contributed by atoms with Crippen LogP contribution in [0, 0.1) is 22.5 Å². The molecule has 116 valence electrons. The van der Waals surface area contributed by atoms with Gasteiger partial charge < -0.3 is 9.84 Å². The van der Waals surface area contributed by atoms with Gasteiger partial charge in [0.25, 0.3) is 0 Å². The molecule has 1 saturated carbocycles. The van der Waals surface area contributed by atoms with Crippen LogP contribution in [0.2, 0.25) is 0 Å². The topological polar surface area (TPSA) is 72.6 Å². The first-order chi connectivity index (χ1) is 9.85. The molecule has 0 heterocycles. The molecule has 1 fully saturated rings. The van der Waals surface area contributed by atoms with Gasteiger partial charge in [0.15, 0.2) is 5.75 Å². The smallest absolute Gasteiger partial charge is 0.312 e. The predicted molar refractivity (Wildman–Crippen MR) is 83.6 cm³/mol. The zero-order chi connectivity index (χ0) is 15.8. The van der Waals surface area contributed by atoms with Crippen molar-refractivity contribution < 1.29 is 14.8 Å². The molecule has 2 rings (SSSR count). The lowest BCUT2D eigenvalue weighted by molar-refractivity contribution is -0.386. The van der Waals surface area contributed by atoms with Crippen molar-refractivity contribution >= 4 is 21.6 Å². The minimum atomic E-state index is -0.429. The maximum atomic E-state index is 11.2. The van der Waals surface area contributed by atoms with E-state index in [2.05, 4.69) is 15.9 Å². The molecule has 2 unspecified atom stereocenters. The third kappa shape index (κ3) is 2.66. The van der Waals surface area contributed by atoms with Gasteiger partial charge >= 0.3 is 5.69 Å². The zero-order valence-corrected chi connectivity index (χ0v) is 14.0. The van der Waals surface area contributed by atoms with Crippen molar-refractivity contribution in [3.8, 4) is 5.75 Å². The van der Waals surface area contributed by atoms with Crippen LogP contribution in [0.4, 0.5) is 5.69 Å². The molecular weight excluding hydrogens is 338 g/mol. The van der Waals surface area contributed by atoms with E-state index < -0.39 is 11.0 Å². The normalized spacial score (nSPS) is 23.5. The van der Waals surface area contributed by atoms with Gasteiger partial charge in [-0.3, -0.25) is 10.1 Å². The zero-order valence-electron chi connectivity index (χ0n) is 12.4. The molecular formula is C15H20BrNO4. The van der Waals surface area contributed by atoms with Crippen molar-refractivity contribution in [2.75, 3.05) is 0 Å².